The van der Waals surface area contributed by atoms with Crippen molar-refractivity contribution in [1.29, 1.82) is 0 Å². The van der Waals surface area contributed by atoms with Crippen LogP contribution in [0.25, 0.3) is 0 Å². The molecule has 0 spiro atoms. The average molecular weight is 465 g/mol. The van der Waals surface area contributed by atoms with Gasteiger partial charge in [0.1, 0.15) is 10.6 Å². The van der Waals surface area contributed by atoms with Crippen molar-refractivity contribution in [1.82, 2.24) is 0 Å². The summed E-state index contributed by atoms with van der Waals surface area (Å²) in [5.74, 6) is -3.00. The van der Waals surface area contributed by atoms with E-state index in [4.69, 9.17) is 23.2 Å². The van der Waals surface area contributed by atoms with E-state index in [9.17, 15) is 19.7 Å². The number of anilines is 1. The Morgan fingerprint density at radius 3 is 2.09 bits per heavy atom. The monoisotopic (exact) mass is 464 g/mol. The topological polar surface area (TPSA) is 80.5 Å². The summed E-state index contributed by atoms with van der Waals surface area (Å²) < 4.78 is 0. The molecule has 1 saturated heterocycles. The molecule has 32 heavy (non-hydrogen) atoms. The molecule has 0 radical (unpaired) electrons. The van der Waals surface area contributed by atoms with Gasteiger partial charge in [0.05, 0.1) is 16.8 Å². The number of nitrogens with zero attached hydrogens (tertiary/aromatic N) is 2. The molecule has 7 rings (SSSR count). The first-order chi connectivity index (χ1) is 15.4. The van der Waals surface area contributed by atoms with Gasteiger partial charge in [0.25, 0.3) is 5.69 Å². The smallest absolute Gasteiger partial charge is 0.274 e. The second-order valence-corrected chi connectivity index (χ2v) is 9.30. The summed E-state index contributed by atoms with van der Waals surface area (Å²) in [6, 6.07) is 19.1. The Hall–Kier alpha value is -3.22. The van der Waals surface area contributed by atoms with Crippen molar-refractivity contribution in [2.45, 2.75) is 10.8 Å². The third kappa shape index (κ3) is 2.21. The van der Waals surface area contributed by atoms with E-state index in [1.54, 1.807) is 0 Å². The number of halogens is 2. The number of hydrogen-bond acceptors (Lipinski definition) is 4. The first-order valence-electron chi connectivity index (χ1n) is 10.0. The summed E-state index contributed by atoms with van der Waals surface area (Å²) in [6.45, 7) is 0. The molecular weight excluding hydrogens is 451 g/mol. The SMILES string of the molecule is O=C1[C@@H]2C3c4ccccc4C(Cl)(c4ccccc43)[C@@H]2C(=O)N1c1ccc(Cl)cc1[N+](=O)[O-]. The van der Waals surface area contributed by atoms with Gasteiger partial charge >= 0.3 is 0 Å². The lowest BCUT2D eigenvalue weighted by Gasteiger charge is -2.50. The fraction of sp³-hybridized carbons (Fsp3) is 0.167. The Morgan fingerprint density at radius 2 is 1.50 bits per heavy atom. The highest BCUT2D eigenvalue weighted by Gasteiger charge is 2.68. The maximum Gasteiger partial charge on any atom is 0.294 e. The van der Waals surface area contributed by atoms with Gasteiger partial charge in [-0.25, -0.2) is 4.90 Å². The fourth-order valence-electron chi connectivity index (χ4n) is 5.75. The van der Waals surface area contributed by atoms with Crippen LogP contribution >= 0.6 is 23.2 Å². The lowest BCUT2D eigenvalue weighted by Crippen LogP contribution is -2.50. The van der Waals surface area contributed by atoms with Crippen molar-refractivity contribution in [2.75, 3.05) is 4.90 Å². The number of carbonyl (C=O) groups is 2. The van der Waals surface area contributed by atoms with Crippen LogP contribution in [0.15, 0.2) is 66.7 Å². The zero-order chi connectivity index (χ0) is 22.4. The highest BCUT2D eigenvalue weighted by Crippen LogP contribution is 2.66. The maximum atomic E-state index is 13.8. The van der Waals surface area contributed by atoms with Gasteiger partial charge in [-0.15, -0.1) is 11.6 Å². The van der Waals surface area contributed by atoms with Gasteiger partial charge in [-0.1, -0.05) is 60.1 Å². The minimum atomic E-state index is -1.24. The van der Waals surface area contributed by atoms with E-state index in [1.807, 2.05) is 48.5 Å². The molecule has 4 aliphatic rings. The third-order valence-electron chi connectivity index (χ3n) is 6.89. The molecule has 0 N–H and O–H groups in total. The lowest BCUT2D eigenvalue weighted by molar-refractivity contribution is -0.384. The summed E-state index contributed by atoms with van der Waals surface area (Å²) in [5, 5.41) is 11.8. The van der Waals surface area contributed by atoms with Crippen LogP contribution in [0.5, 0.6) is 0 Å². The predicted molar refractivity (Wildman–Crippen MR) is 119 cm³/mol. The number of carbonyl (C=O) groups excluding carboxylic acids is 2. The molecule has 1 fully saturated rings. The van der Waals surface area contributed by atoms with Crippen LogP contribution in [-0.2, 0) is 14.5 Å². The summed E-state index contributed by atoms with van der Waals surface area (Å²) in [4.78, 5) is 38.3. The first kappa shape index (κ1) is 19.5. The highest BCUT2D eigenvalue weighted by atomic mass is 35.5. The molecule has 6 nitrogen and oxygen atoms in total. The van der Waals surface area contributed by atoms with Crippen LogP contribution in [-0.4, -0.2) is 16.7 Å². The van der Waals surface area contributed by atoms with Crippen molar-refractivity contribution in [3.8, 4) is 0 Å². The van der Waals surface area contributed by atoms with Crippen molar-refractivity contribution in [2.24, 2.45) is 11.8 Å². The number of imide groups is 1. The van der Waals surface area contributed by atoms with E-state index < -0.39 is 39.1 Å². The maximum absolute atomic E-state index is 13.8. The van der Waals surface area contributed by atoms with Gasteiger partial charge in [-0.3, -0.25) is 19.7 Å². The molecule has 8 heteroatoms. The van der Waals surface area contributed by atoms with E-state index in [1.165, 1.54) is 12.1 Å². The number of amides is 2. The van der Waals surface area contributed by atoms with Gasteiger partial charge in [-0.05, 0) is 34.4 Å². The van der Waals surface area contributed by atoms with Crippen molar-refractivity contribution in [3.63, 3.8) is 0 Å². The van der Waals surface area contributed by atoms with E-state index in [0.717, 1.165) is 33.2 Å². The summed E-state index contributed by atoms with van der Waals surface area (Å²) in [5.41, 5.74) is 2.95. The molecule has 2 atom stereocenters. The molecule has 0 unspecified atom stereocenters. The zero-order valence-corrected chi connectivity index (χ0v) is 17.9. The van der Waals surface area contributed by atoms with Gasteiger partial charge in [0.2, 0.25) is 11.8 Å². The Bertz CT molecular complexity index is 1320. The number of nitro benzene ring substituents is 1. The molecule has 3 aliphatic carbocycles. The molecule has 3 aromatic rings. The zero-order valence-electron chi connectivity index (χ0n) is 16.4. The second-order valence-electron chi connectivity index (χ2n) is 8.27. The van der Waals surface area contributed by atoms with Crippen molar-refractivity contribution >= 4 is 46.4 Å². The molecule has 0 saturated carbocycles. The van der Waals surface area contributed by atoms with Crippen molar-refractivity contribution in [3.05, 3.63) is 104 Å². The molecule has 1 aliphatic heterocycles. The Morgan fingerprint density at radius 1 is 0.906 bits per heavy atom. The minimum absolute atomic E-state index is 0.0865. The standard InChI is InChI=1S/C24H14Cl2N2O4/c25-12-9-10-17(18(11-12)28(31)32)27-22(29)20-19-13-5-1-3-7-15(13)24(26,21(20)23(27)30)16-8-4-2-6-14(16)19/h1-11,19-21H/t19?,20-,21+,24?/m1/s1. The average Bonchev–Trinajstić information content (AvgIpc) is 3.06. The van der Waals surface area contributed by atoms with E-state index >= 15 is 0 Å². The lowest BCUT2D eigenvalue weighted by atomic mass is 9.54. The van der Waals surface area contributed by atoms with Crippen LogP contribution < -0.4 is 4.90 Å². The number of alkyl halides is 1. The van der Waals surface area contributed by atoms with Crippen LogP contribution in [0, 0.1) is 22.0 Å². The van der Waals surface area contributed by atoms with Crippen LogP contribution in [0.4, 0.5) is 11.4 Å². The highest BCUT2D eigenvalue weighted by molar-refractivity contribution is 6.34. The van der Waals surface area contributed by atoms with Gasteiger partial charge < -0.3 is 0 Å². The van der Waals surface area contributed by atoms with E-state index in [-0.39, 0.29) is 16.6 Å². The van der Waals surface area contributed by atoms with Gasteiger partial charge in [-0.2, -0.15) is 0 Å². The second kappa shape index (κ2) is 6.40. The Kier molecular flexibility index (Phi) is 3.89. The molecule has 2 bridgehead atoms. The molecule has 1 heterocycles. The van der Waals surface area contributed by atoms with Crippen molar-refractivity contribution < 1.29 is 14.5 Å². The Labute approximate surface area is 192 Å². The first-order valence-corrected chi connectivity index (χ1v) is 10.8. The summed E-state index contributed by atoms with van der Waals surface area (Å²) in [6.07, 6.45) is 0. The largest absolute Gasteiger partial charge is 0.294 e. The Balaban J connectivity index is 1.61. The van der Waals surface area contributed by atoms with Crippen LogP contribution in [0.2, 0.25) is 5.02 Å². The number of hydrogen-bond donors (Lipinski definition) is 0. The molecule has 158 valence electrons. The quantitative estimate of drug-likeness (QED) is 0.231. The fourth-order valence-corrected chi connectivity index (χ4v) is 6.49. The normalized spacial score (nSPS) is 27.2. The predicted octanol–water partition coefficient (Wildman–Crippen LogP) is 5.00. The summed E-state index contributed by atoms with van der Waals surface area (Å²) >= 11 is 13.3. The van der Waals surface area contributed by atoms with Crippen LogP contribution in [0.3, 0.4) is 0 Å². The van der Waals surface area contributed by atoms with E-state index in [0.29, 0.717) is 0 Å². The van der Waals surface area contributed by atoms with E-state index in [2.05, 4.69) is 0 Å². The van der Waals surface area contributed by atoms with Gasteiger partial charge in [0, 0.05) is 17.0 Å². The number of nitro groups is 1. The molecule has 0 aromatic heterocycles. The third-order valence-corrected chi connectivity index (χ3v) is 7.77. The minimum Gasteiger partial charge on any atom is -0.274 e. The van der Waals surface area contributed by atoms with Crippen LogP contribution in [0.1, 0.15) is 28.2 Å². The molecule has 3 aromatic carbocycles. The van der Waals surface area contributed by atoms with Gasteiger partial charge in [0.15, 0.2) is 0 Å². The molecule has 2 amide bonds. The number of rotatable bonds is 2. The summed E-state index contributed by atoms with van der Waals surface area (Å²) in [7, 11) is 0. The molecular formula is C24H14Cl2N2O4. The number of benzene rings is 3.